The largest absolute Gasteiger partial charge is 0.543 e. The van der Waals surface area contributed by atoms with E-state index >= 15 is 0 Å². The van der Waals surface area contributed by atoms with Crippen LogP contribution in [0.2, 0.25) is 0 Å². The maximum absolute atomic E-state index is 13.0. The number of anilines is 1. The second-order valence-electron chi connectivity index (χ2n) is 6.01. The molecule has 0 radical (unpaired) electrons. The molecule has 0 saturated heterocycles. The lowest BCUT2D eigenvalue weighted by atomic mass is 10.2. The molecule has 2 aromatic carbocycles. The van der Waals surface area contributed by atoms with Gasteiger partial charge in [0.1, 0.15) is 4.90 Å². The highest BCUT2D eigenvalue weighted by Gasteiger charge is 2.26. The number of methoxy groups -OCH3 is 3. The summed E-state index contributed by atoms with van der Waals surface area (Å²) in [5.41, 5.74) is -0.711. The van der Waals surface area contributed by atoms with E-state index in [4.69, 9.17) is 9.47 Å². The third-order valence-electron chi connectivity index (χ3n) is 4.33. The molecule has 11 heteroatoms. The Balaban J connectivity index is 2.21. The summed E-state index contributed by atoms with van der Waals surface area (Å²) >= 11 is 0. The van der Waals surface area contributed by atoms with Crippen molar-refractivity contribution in [3.05, 3.63) is 47.7 Å². The van der Waals surface area contributed by atoms with Crippen molar-refractivity contribution < 1.29 is 37.3 Å². The van der Waals surface area contributed by atoms with Crippen LogP contribution < -0.4 is 19.3 Å². The number of carboxylic acids is 1. The zero-order valence-corrected chi connectivity index (χ0v) is 17.0. The van der Waals surface area contributed by atoms with Crippen LogP contribution in [0.15, 0.2) is 41.3 Å². The van der Waals surface area contributed by atoms with Crippen LogP contribution in [-0.2, 0) is 14.8 Å². The van der Waals surface area contributed by atoms with Gasteiger partial charge in [0.15, 0.2) is 11.5 Å². The topological polar surface area (TPSA) is 147 Å². The minimum Gasteiger partial charge on any atom is -0.543 e. The van der Waals surface area contributed by atoms with Crippen molar-refractivity contribution in [3.63, 3.8) is 0 Å². The van der Waals surface area contributed by atoms with Crippen molar-refractivity contribution in [1.29, 1.82) is 0 Å². The van der Waals surface area contributed by atoms with Gasteiger partial charge in [0.05, 0.1) is 49.8 Å². The monoisotopic (exact) mass is 433 g/mol. The number of hydrogen-bond donors (Lipinski definition) is 2. The molecule has 3 rings (SSSR count). The lowest BCUT2D eigenvalue weighted by Gasteiger charge is -2.13. The van der Waals surface area contributed by atoms with Gasteiger partial charge >= 0.3 is 5.97 Å². The number of ether oxygens (including phenoxy) is 3. The molecule has 0 unspecified atom stereocenters. The number of benzene rings is 2. The number of rotatable bonds is 7. The van der Waals surface area contributed by atoms with Crippen molar-refractivity contribution in [1.82, 2.24) is 4.98 Å². The fourth-order valence-electron chi connectivity index (χ4n) is 2.95. The Kier molecular flexibility index (Phi) is 5.56. The predicted molar refractivity (Wildman–Crippen MR) is 104 cm³/mol. The smallest absolute Gasteiger partial charge is 0.339 e. The first-order valence-corrected chi connectivity index (χ1v) is 9.91. The van der Waals surface area contributed by atoms with Gasteiger partial charge < -0.3 is 29.1 Å². The Hall–Kier alpha value is -3.73. The van der Waals surface area contributed by atoms with Crippen LogP contribution in [0.4, 0.5) is 5.69 Å². The Morgan fingerprint density at radius 1 is 1.03 bits per heavy atom. The van der Waals surface area contributed by atoms with E-state index < -0.39 is 27.7 Å². The summed E-state index contributed by atoms with van der Waals surface area (Å²) in [6.07, 6.45) is 0. The average Bonchev–Trinajstić information content (AvgIpc) is 3.09. The van der Waals surface area contributed by atoms with E-state index in [0.717, 1.165) is 7.11 Å². The first-order chi connectivity index (χ1) is 14.2. The molecule has 1 heterocycles. The Morgan fingerprint density at radius 3 is 2.27 bits per heavy atom. The highest BCUT2D eigenvalue weighted by molar-refractivity contribution is 7.92. The first-order valence-electron chi connectivity index (χ1n) is 8.42. The molecule has 0 amide bonds. The van der Waals surface area contributed by atoms with Gasteiger partial charge in [-0.3, -0.25) is 4.72 Å². The number of nitrogens with one attached hydrogen (secondary N) is 2. The molecule has 2 N–H and O–H groups in total. The van der Waals surface area contributed by atoms with Crippen LogP contribution in [0, 0.1) is 0 Å². The fraction of sp³-hybridized carbons (Fsp3) is 0.158. The van der Waals surface area contributed by atoms with E-state index in [-0.39, 0.29) is 32.8 Å². The molecule has 0 spiro atoms. The number of esters is 1. The Bertz CT molecular complexity index is 1250. The molecule has 0 bridgehead atoms. The van der Waals surface area contributed by atoms with Gasteiger partial charge in [-0.05, 0) is 18.2 Å². The molecule has 30 heavy (non-hydrogen) atoms. The van der Waals surface area contributed by atoms with E-state index in [1.54, 1.807) is 0 Å². The van der Waals surface area contributed by atoms with Crippen molar-refractivity contribution in [2.75, 3.05) is 26.1 Å². The molecule has 0 aliphatic heterocycles. The van der Waals surface area contributed by atoms with Crippen LogP contribution in [0.25, 0.3) is 10.9 Å². The highest BCUT2D eigenvalue weighted by atomic mass is 32.2. The molecular weight excluding hydrogens is 416 g/mol. The molecule has 158 valence electrons. The maximum Gasteiger partial charge on any atom is 0.339 e. The zero-order valence-electron chi connectivity index (χ0n) is 16.1. The average molecular weight is 433 g/mol. The summed E-state index contributed by atoms with van der Waals surface area (Å²) in [4.78, 5) is 25.8. The number of aromatic amines is 1. The number of aromatic carboxylic acids is 1. The number of aromatic nitrogens is 1. The molecule has 0 aliphatic carbocycles. The molecule has 1 aromatic heterocycles. The molecule has 0 aliphatic rings. The van der Waals surface area contributed by atoms with Crippen molar-refractivity contribution >= 4 is 38.6 Å². The van der Waals surface area contributed by atoms with Gasteiger partial charge in [0.2, 0.25) is 0 Å². The summed E-state index contributed by atoms with van der Waals surface area (Å²) < 4.78 is 43.3. The number of carbonyl (C=O) groups is 2. The van der Waals surface area contributed by atoms with Gasteiger partial charge in [-0.1, -0.05) is 12.1 Å². The predicted octanol–water partition coefficient (Wildman–Crippen LogP) is 1.14. The van der Waals surface area contributed by atoms with E-state index in [1.807, 2.05) is 0 Å². The van der Waals surface area contributed by atoms with Gasteiger partial charge in [-0.15, -0.1) is 0 Å². The Morgan fingerprint density at radius 2 is 1.67 bits per heavy atom. The van der Waals surface area contributed by atoms with Crippen molar-refractivity contribution in [2.24, 2.45) is 0 Å². The van der Waals surface area contributed by atoms with Crippen molar-refractivity contribution in [3.8, 4) is 11.5 Å². The lowest BCUT2D eigenvalue weighted by molar-refractivity contribution is -0.255. The van der Waals surface area contributed by atoms with E-state index in [9.17, 15) is 23.1 Å². The third kappa shape index (κ3) is 3.62. The summed E-state index contributed by atoms with van der Waals surface area (Å²) in [6, 6.07) is 8.25. The maximum atomic E-state index is 13.0. The first kappa shape index (κ1) is 21.0. The molecule has 3 aromatic rings. The fourth-order valence-corrected chi connectivity index (χ4v) is 4.24. The molecule has 0 atom stereocenters. The normalized spacial score (nSPS) is 11.2. The number of fused-ring (bicyclic) bond motifs is 1. The number of carbonyl (C=O) groups excluding carboxylic acids is 2. The van der Waals surface area contributed by atoms with Crippen LogP contribution in [-0.4, -0.2) is 46.7 Å². The summed E-state index contributed by atoms with van der Waals surface area (Å²) in [5.74, 6) is -1.93. The summed E-state index contributed by atoms with van der Waals surface area (Å²) in [5, 5.41) is 11.8. The minimum absolute atomic E-state index is 0.200. The van der Waals surface area contributed by atoms with Crippen molar-refractivity contribution in [2.45, 2.75) is 4.90 Å². The highest BCUT2D eigenvalue weighted by Crippen LogP contribution is 2.38. The van der Waals surface area contributed by atoms with Gasteiger partial charge in [0.25, 0.3) is 10.0 Å². The number of H-pyrrole nitrogens is 1. The summed E-state index contributed by atoms with van der Waals surface area (Å²) in [6.45, 7) is 0. The Labute approximate surface area is 171 Å². The van der Waals surface area contributed by atoms with E-state index in [1.165, 1.54) is 50.6 Å². The number of hydrogen-bond acceptors (Lipinski definition) is 8. The third-order valence-corrected chi connectivity index (χ3v) is 5.73. The van der Waals surface area contributed by atoms with Crippen LogP contribution in [0.1, 0.15) is 20.8 Å². The number of sulfonamides is 1. The molecule has 10 nitrogen and oxygen atoms in total. The van der Waals surface area contributed by atoms with Gasteiger partial charge in [-0.2, -0.15) is 0 Å². The van der Waals surface area contributed by atoms with Crippen LogP contribution >= 0.6 is 0 Å². The van der Waals surface area contributed by atoms with Crippen LogP contribution in [0.3, 0.4) is 0 Å². The van der Waals surface area contributed by atoms with Crippen LogP contribution in [0.5, 0.6) is 11.5 Å². The second kappa shape index (κ2) is 7.95. The number of carboxylic acid groups (broad SMARTS) is 1. The van der Waals surface area contributed by atoms with E-state index in [2.05, 4.69) is 14.4 Å². The zero-order chi connectivity index (χ0) is 22.1. The summed E-state index contributed by atoms with van der Waals surface area (Å²) in [7, 11) is -0.484. The lowest BCUT2D eigenvalue weighted by Crippen LogP contribution is -2.25. The van der Waals surface area contributed by atoms with Gasteiger partial charge in [-0.25, -0.2) is 13.2 Å². The molecule has 0 saturated carbocycles. The van der Waals surface area contributed by atoms with E-state index in [0.29, 0.717) is 5.75 Å². The molecule has 0 fully saturated rings. The standard InChI is InChI=1S/C19H18N2O8S/c1-27-13-8-11-12(9-14(13)28-2)20-17(18(22)23)16(11)21-30(25,26)15-7-5-4-6-10(15)19(24)29-3/h4-9,20-21H,1-3H3,(H,22,23)/p-1. The molecular formula is C19H17N2O8S-. The quantitative estimate of drug-likeness (QED) is 0.527. The minimum atomic E-state index is -4.39. The SMILES string of the molecule is COC(=O)c1ccccc1S(=O)(=O)Nc1c(C(=O)[O-])[nH]c2cc(OC)c(OC)cc12. The van der Waals surface area contributed by atoms with Gasteiger partial charge in [0, 0.05) is 11.5 Å². The second-order valence-corrected chi connectivity index (χ2v) is 7.66.